The van der Waals surface area contributed by atoms with Crippen LogP contribution >= 0.6 is 15.9 Å². The third-order valence-corrected chi connectivity index (χ3v) is 4.99. The molecule has 0 aliphatic heterocycles. The molecule has 1 aromatic rings. The Morgan fingerprint density at radius 1 is 1.53 bits per heavy atom. The van der Waals surface area contributed by atoms with Crippen LogP contribution in [0.5, 0.6) is 0 Å². The molecule has 0 aromatic heterocycles. The number of carbonyl (C=O) groups is 1. The molecule has 3 N–H and O–H groups in total. The van der Waals surface area contributed by atoms with Gasteiger partial charge in [0.05, 0.1) is 9.37 Å². The van der Waals surface area contributed by atoms with E-state index in [1.165, 1.54) is 0 Å². The topological polar surface area (TPSA) is 89.3 Å². The number of halogens is 2. The van der Waals surface area contributed by atoms with Crippen LogP contribution in [-0.4, -0.2) is 20.4 Å². The highest BCUT2D eigenvalue weighted by molar-refractivity contribution is 9.10. The number of rotatable bonds is 3. The number of hydrogen-bond donors (Lipinski definition) is 2. The first kappa shape index (κ1) is 14.4. The van der Waals surface area contributed by atoms with Crippen LogP contribution in [0.15, 0.2) is 21.5 Å². The minimum Gasteiger partial charge on any atom is -0.349 e. The minimum absolute atomic E-state index is 0.0659. The van der Waals surface area contributed by atoms with Crippen LogP contribution in [0.3, 0.4) is 0 Å². The first-order valence-electron chi connectivity index (χ1n) is 5.53. The highest BCUT2D eigenvalue weighted by atomic mass is 79.9. The second-order valence-corrected chi connectivity index (χ2v) is 6.93. The summed E-state index contributed by atoms with van der Waals surface area (Å²) >= 11 is 2.81. The van der Waals surface area contributed by atoms with Gasteiger partial charge in [-0.15, -0.1) is 0 Å². The van der Waals surface area contributed by atoms with Gasteiger partial charge in [-0.3, -0.25) is 4.79 Å². The summed E-state index contributed by atoms with van der Waals surface area (Å²) in [6.45, 7) is 1.98. The molecule has 2 unspecified atom stereocenters. The van der Waals surface area contributed by atoms with E-state index in [0.29, 0.717) is 5.92 Å². The number of nitrogens with two attached hydrogens (primary N) is 1. The van der Waals surface area contributed by atoms with Crippen molar-refractivity contribution < 1.29 is 17.6 Å². The van der Waals surface area contributed by atoms with Gasteiger partial charge < -0.3 is 5.32 Å². The fourth-order valence-electron chi connectivity index (χ4n) is 1.68. The highest BCUT2D eigenvalue weighted by Crippen LogP contribution is 2.30. The molecule has 1 fully saturated rings. The molecule has 1 aliphatic rings. The summed E-state index contributed by atoms with van der Waals surface area (Å²) in [5, 5.41) is 7.66. The standard InChI is InChI=1S/C11H12BrFN2O3S/c1-5-2-8(5)15-11(16)6-3-7(13)10(12)9(4-6)19(14,17)18/h3-5,8H,2H2,1H3,(H,15,16)(H2,14,17,18). The predicted octanol–water partition coefficient (Wildman–Crippen LogP) is 1.37. The molecule has 2 atom stereocenters. The van der Waals surface area contributed by atoms with Gasteiger partial charge in [0.1, 0.15) is 5.82 Å². The van der Waals surface area contributed by atoms with E-state index in [4.69, 9.17) is 5.14 Å². The van der Waals surface area contributed by atoms with Crippen LogP contribution in [-0.2, 0) is 10.0 Å². The van der Waals surface area contributed by atoms with Gasteiger partial charge in [-0.2, -0.15) is 0 Å². The Kier molecular flexibility index (Phi) is 3.67. The highest BCUT2D eigenvalue weighted by Gasteiger charge is 2.34. The molecule has 0 bridgehead atoms. The first-order valence-corrected chi connectivity index (χ1v) is 7.87. The van der Waals surface area contributed by atoms with Crippen molar-refractivity contribution in [3.8, 4) is 0 Å². The molecule has 104 valence electrons. The SMILES string of the molecule is CC1CC1NC(=O)c1cc(F)c(Br)c(S(N)(=O)=O)c1. The van der Waals surface area contributed by atoms with Gasteiger partial charge in [0.15, 0.2) is 0 Å². The number of nitrogens with one attached hydrogen (secondary N) is 1. The lowest BCUT2D eigenvalue weighted by molar-refractivity contribution is 0.0948. The Morgan fingerprint density at radius 3 is 2.58 bits per heavy atom. The third-order valence-electron chi connectivity index (χ3n) is 2.99. The van der Waals surface area contributed by atoms with Crippen molar-refractivity contribution in [1.29, 1.82) is 0 Å². The lowest BCUT2D eigenvalue weighted by atomic mass is 10.2. The van der Waals surface area contributed by atoms with Gasteiger partial charge in [0, 0.05) is 11.6 Å². The van der Waals surface area contributed by atoms with Crippen molar-refractivity contribution in [3.05, 3.63) is 28.0 Å². The maximum atomic E-state index is 13.6. The van der Waals surface area contributed by atoms with E-state index in [-0.39, 0.29) is 16.1 Å². The molecule has 0 heterocycles. The van der Waals surface area contributed by atoms with Crippen molar-refractivity contribution >= 4 is 31.9 Å². The smallest absolute Gasteiger partial charge is 0.251 e. The molecular weight excluding hydrogens is 339 g/mol. The molecule has 19 heavy (non-hydrogen) atoms. The molecule has 1 aliphatic carbocycles. The van der Waals surface area contributed by atoms with Crippen LogP contribution in [0.25, 0.3) is 0 Å². The lowest BCUT2D eigenvalue weighted by Gasteiger charge is -2.08. The molecule has 5 nitrogen and oxygen atoms in total. The van der Waals surface area contributed by atoms with Crippen LogP contribution in [0.4, 0.5) is 4.39 Å². The van der Waals surface area contributed by atoms with Crippen molar-refractivity contribution in [1.82, 2.24) is 5.32 Å². The van der Waals surface area contributed by atoms with Crippen LogP contribution in [0.1, 0.15) is 23.7 Å². The molecule has 1 saturated carbocycles. The zero-order chi connectivity index (χ0) is 14.4. The van der Waals surface area contributed by atoms with E-state index in [1.54, 1.807) is 0 Å². The van der Waals surface area contributed by atoms with Gasteiger partial charge in [0.25, 0.3) is 5.91 Å². The second kappa shape index (κ2) is 4.84. The Morgan fingerprint density at radius 2 is 2.11 bits per heavy atom. The summed E-state index contributed by atoms with van der Waals surface area (Å²) in [6, 6.07) is 2.10. The maximum Gasteiger partial charge on any atom is 0.251 e. The monoisotopic (exact) mass is 350 g/mol. The minimum atomic E-state index is -4.10. The van der Waals surface area contributed by atoms with Crippen LogP contribution in [0.2, 0.25) is 0 Å². The van der Waals surface area contributed by atoms with E-state index in [9.17, 15) is 17.6 Å². The summed E-state index contributed by atoms with van der Waals surface area (Å²) in [4.78, 5) is 11.4. The zero-order valence-corrected chi connectivity index (χ0v) is 12.4. The third kappa shape index (κ3) is 3.13. The molecule has 0 saturated heterocycles. The Bertz CT molecular complexity index is 648. The van der Waals surface area contributed by atoms with Gasteiger partial charge >= 0.3 is 0 Å². The quantitative estimate of drug-likeness (QED) is 0.862. The number of sulfonamides is 1. The van der Waals surface area contributed by atoms with E-state index in [0.717, 1.165) is 18.6 Å². The maximum absolute atomic E-state index is 13.6. The van der Waals surface area contributed by atoms with E-state index in [2.05, 4.69) is 21.2 Å². The van der Waals surface area contributed by atoms with Crippen LogP contribution < -0.4 is 10.5 Å². The molecule has 2 rings (SSSR count). The summed E-state index contributed by atoms with van der Waals surface area (Å²) in [5.74, 6) is -0.965. The average Bonchev–Trinajstić information content (AvgIpc) is 2.96. The molecule has 0 spiro atoms. The van der Waals surface area contributed by atoms with Crippen molar-refractivity contribution in [3.63, 3.8) is 0 Å². The normalized spacial score (nSPS) is 22.1. The zero-order valence-electron chi connectivity index (χ0n) is 9.98. The van der Waals surface area contributed by atoms with Crippen LogP contribution in [0, 0.1) is 11.7 Å². The average molecular weight is 351 g/mol. The Balaban J connectivity index is 2.36. The summed E-state index contributed by atoms with van der Waals surface area (Å²) in [5.41, 5.74) is -0.0659. The predicted molar refractivity (Wildman–Crippen MR) is 70.5 cm³/mol. The molecule has 1 aromatic carbocycles. The van der Waals surface area contributed by atoms with E-state index < -0.39 is 26.6 Å². The number of amides is 1. The van der Waals surface area contributed by atoms with Crippen molar-refractivity contribution in [2.45, 2.75) is 24.3 Å². The fourth-order valence-corrected chi connectivity index (χ4v) is 3.22. The second-order valence-electron chi connectivity index (χ2n) is 4.61. The van der Waals surface area contributed by atoms with Crippen molar-refractivity contribution in [2.75, 3.05) is 0 Å². The lowest BCUT2D eigenvalue weighted by Crippen LogP contribution is -2.27. The summed E-state index contributed by atoms with van der Waals surface area (Å²) < 4.78 is 36.0. The number of hydrogen-bond acceptors (Lipinski definition) is 3. The number of primary sulfonamides is 1. The fraction of sp³-hybridized carbons (Fsp3) is 0.364. The summed E-state index contributed by atoms with van der Waals surface area (Å²) in [7, 11) is -4.10. The number of benzene rings is 1. The Hall–Kier alpha value is -0.990. The van der Waals surface area contributed by atoms with Gasteiger partial charge in [-0.1, -0.05) is 6.92 Å². The van der Waals surface area contributed by atoms with E-state index in [1.807, 2.05) is 6.92 Å². The largest absolute Gasteiger partial charge is 0.349 e. The van der Waals surface area contributed by atoms with Crippen molar-refractivity contribution in [2.24, 2.45) is 11.1 Å². The molecule has 8 heteroatoms. The van der Waals surface area contributed by atoms with Gasteiger partial charge in [-0.25, -0.2) is 17.9 Å². The molecule has 0 radical (unpaired) electrons. The molecule has 1 amide bonds. The van der Waals surface area contributed by atoms with Gasteiger partial charge in [0.2, 0.25) is 10.0 Å². The number of carbonyl (C=O) groups excluding carboxylic acids is 1. The Labute approximate surface area is 118 Å². The van der Waals surface area contributed by atoms with Gasteiger partial charge in [-0.05, 0) is 40.4 Å². The molecular formula is C11H12BrFN2O3S. The first-order chi connectivity index (χ1) is 8.70. The van der Waals surface area contributed by atoms with E-state index >= 15 is 0 Å². The summed E-state index contributed by atoms with van der Waals surface area (Å²) in [6.07, 6.45) is 0.868.